The van der Waals surface area contributed by atoms with E-state index >= 15 is 0 Å². The topological polar surface area (TPSA) is 41.1 Å². The molecule has 0 radical (unpaired) electrons. The zero-order valence-corrected chi connectivity index (χ0v) is 9.34. The predicted octanol–water partition coefficient (Wildman–Crippen LogP) is 1.43. The van der Waals surface area contributed by atoms with E-state index in [0.29, 0.717) is 6.42 Å². The average Bonchev–Trinajstić information content (AvgIpc) is 2.27. The molecule has 0 aliphatic rings. The molecular weight excluding hydrogens is 188 g/mol. The molecule has 1 aromatic carbocycles. The molecule has 15 heavy (non-hydrogen) atoms. The van der Waals surface area contributed by atoms with Gasteiger partial charge in [0, 0.05) is 13.5 Å². The fraction of sp³-hybridized carbons (Fsp3) is 0.417. The van der Waals surface area contributed by atoms with Gasteiger partial charge in [0.1, 0.15) is 0 Å². The van der Waals surface area contributed by atoms with Crippen LogP contribution in [0.5, 0.6) is 0 Å². The largest absolute Gasteiger partial charge is 0.292 e. The number of benzene rings is 1. The van der Waals surface area contributed by atoms with Crippen molar-refractivity contribution in [1.82, 2.24) is 10.9 Å². The normalized spacial score (nSPS) is 10.0. The number of hydrogen-bond acceptors (Lipinski definition) is 2. The first-order chi connectivity index (χ1) is 7.26. The van der Waals surface area contributed by atoms with Crippen molar-refractivity contribution in [3.8, 4) is 0 Å². The summed E-state index contributed by atoms with van der Waals surface area (Å²) in [4.78, 5) is 11.2. The average molecular weight is 206 g/mol. The van der Waals surface area contributed by atoms with Crippen LogP contribution in [0.25, 0.3) is 0 Å². The van der Waals surface area contributed by atoms with Gasteiger partial charge < -0.3 is 0 Å². The van der Waals surface area contributed by atoms with Crippen LogP contribution in [-0.4, -0.2) is 13.0 Å². The van der Waals surface area contributed by atoms with Crippen molar-refractivity contribution in [3.63, 3.8) is 0 Å². The molecule has 1 rings (SSSR count). The Bertz CT molecular complexity index is 306. The minimum Gasteiger partial charge on any atom is -0.292 e. The molecule has 1 amide bonds. The van der Waals surface area contributed by atoms with Crippen LogP contribution >= 0.6 is 0 Å². The molecule has 0 fully saturated rings. The first-order valence-corrected chi connectivity index (χ1v) is 5.29. The van der Waals surface area contributed by atoms with Crippen LogP contribution in [0, 0.1) is 0 Å². The lowest BCUT2D eigenvalue weighted by Crippen LogP contribution is -2.34. The SMILES string of the molecule is CCc1ccc(CCC(=O)NNC)cc1. The van der Waals surface area contributed by atoms with Crippen molar-refractivity contribution in [3.05, 3.63) is 35.4 Å². The van der Waals surface area contributed by atoms with Crippen LogP contribution in [0.15, 0.2) is 24.3 Å². The second-order valence-electron chi connectivity index (χ2n) is 3.47. The lowest BCUT2D eigenvalue weighted by Gasteiger charge is -2.03. The summed E-state index contributed by atoms with van der Waals surface area (Å²) in [6.07, 6.45) is 2.37. The van der Waals surface area contributed by atoms with Crippen molar-refractivity contribution in [1.29, 1.82) is 0 Å². The van der Waals surface area contributed by atoms with Gasteiger partial charge in [0.2, 0.25) is 5.91 Å². The van der Waals surface area contributed by atoms with E-state index in [9.17, 15) is 4.79 Å². The van der Waals surface area contributed by atoms with Crippen molar-refractivity contribution in [2.24, 2.45) is 0 Å². The van der Waals surface area contributed by atoms with E-state index in [4.69, 9.17) is 0 Å². The summed E-state index contributed by atoms with van der Waals surface area (Å²) in [6, 6.07) is 8.41. The van der Waals surface area contributed by atoms with Crippen LogP contribution in [0.1, 0.15) is 24.5 Å². The van der Waals surface area contributed by atoms with E-state index in [-0.39, 0.29) is 5.91 Å². The Hall–Kier alpha value is -1.35. The smallest absolute Gasteiger partial charge is 0.234 e. The number of carbonyl (C=O) groups is 1. The summed E-state index contributed by atoms with van der Waals surface area (Å²) >= 11 is 0. The molecule has 0 aromatic heterocycles. The molecule has 0 spiro atoms. The molecule has 1 aromatic rings. The van der Waals surface area contributed by atoms with Gasteiger partial charge in [-0.05, 0) is 24.0 Å². The van der Waals surface area contributed by atoms with Gasteiger partial charge in [-0.15, -0.1) is 0 Å². The fourth-order valence-electron chi connectivity index (χ4n) is 1.40. The molecule has 2 N–H and O–H groups in total. The van der Waals surface area contributed by atoms with Crippen molar-refractivity contribution in [2.45, 2.75) is 26.2 Å². The summed E-state index contributed by atoms with van der Waals surface area (Å²) in [6.45, 7) is 2.13. The Balaban J connectivity index is 2.40. The zero-order valence-electron chi connectivity index (χ0n) is 9.34. The van der Waals surface area contributed by atoms with Gasteiger partial charge in [-0.1, -0.05) is 31.2 Å². The second-order valence-corrected chi connectivity index (χ2v) is 3.47. The van der Waals surface area contributed by atoms with Crippen LogP contribution in [0.2, 0.25) is 0 Å². The molecule has 0 saturated carbocycles. The Labute approximate surface area is 90.9 Å². The zero-order chi connectivity index (χ0) is 11.1. The Morgan fingerprint density at radius 3 is 2.33 bits per heavy atom. The first-order valence-electron chi connectivity index (χ1n) is 5.29. The number of hydrazine groups is 1. The molecule has 3 nitrogen and oxygen atoms in total. The molecule has 3 heteroatoms. The highest BCUT2D eigenvalue weighted by Crippen LogP contribution is 2.06. The van der Waals surface area contributed by atoms with Gasteiger partial charge in [-0.25, -0.2) is 5.43 Å². The number of nitrogens with one attached hydrogen (secondary N) is 2. The second kappa shape index (κ2) is 6.19. The van der Waals surface area contributed by atoms with Gasteiger partial charge in [0.05, 0.1) is 0 Å². The summed E-state index contributed by atoms with van der Waals surface area (Å²) in [5, 5.41) is 0. The Morgan fingerprint density at radius 2 is 1.80 bits per heavy atom. The number of rotatable bonds is 5. The highest BCUT2D eigenvalue weighted by atomic mass is 16.2. The van der Waals surface area contributed by atoms with E-state index in [0.717, 1.165) is 12.8 Å². The van der Waals surface area contributed by atoms with Crippen LogP contribution in [0.4, 0.5) is 0 Å². The molecule has 0 heterocycles. The maximum atomic E-state index is 11.2. The predicted molar refractivity (Wildman–Crippen MR) is 61.3 cm³/mol. The van der Waals surface area contributed by atoms with E-state index in [1.54, 1.807) is 7.05 Å². The van der Waals surface area contributed by atoms with Crippen LogP contribution in [-0.2, 0) is 17.6 Å². The van der Waals surface area contributed by atoms with Crippen molar-refractivity contribution < 1.29 is 4.79 Å². The quantitative estimate of drug-likeness (QED) is 0.716. The van der Waals surface area contributed by atoms with E-state index in [2.05, 4.69) is 42.0 Å². The van der Waals surface area contributed by atoms with Gasteiger partial charge in [0.15, 0.2) is 0 Å². The summed E-state index contributed by atoms with van der Waals surface area (Å²) in [5.41, 5.74) is 7.71. The summed E-state index contributed by atoms with van der Waals surface area (Å²) in [5.74, 6) is 0.0251. The number of aryl methyl sites for hydroxylation is 2. The fourth-order valence-corrected chi connectivity index (χ4v) is 1.40. The summed E-state index contributed by atoms with van der Waals surface area (Å²) < 4.78 is 0. The minimum absolute atomic E-state index is 0.0251. The van der Waals surface area contributed by atoms with E-state index in [1.165, 1.54) is 11.1 Å². The monoisotopic (exact) mass is 206 g/mol. The van der Waals surface area contributed by atoms with Crippen molar-refractivity contribution in [2.75, 3.05) is 7.05 Å². The molecule has 0 bridgehead atoms. The molecule has 0 saturated heterocycles. The van der Waals surface area contributed by atoms with Gasteiger partial charge in [-0.2, -0.15) is 0 Å². The molecule has 0 aliphatic carbocycles. The van der Waals surface area contributed by atoms with Crippen LogP contribution < -0.4 is 10.9 Å². The number of amides is 1. The Kier molecular flexibility index (Phi) is 4.84. The molecule has 0 aliphatic heterocycles. The van der Waals surface area contributed by atoms with E-state index < -0.39 is 0 Å². The third-order valence-corrected chi connectivity index (χ3v) is 2.34. The first kappa shape index (κ1) is 11.7. The van der Waals surface area contributed by atoms with Gasteiger partial charge in [0.25, 0.3) is 0 Å². The summed E-state index contributed by atoms with van der Waals surface area (Å²) in [7, 11) is 1.69. The molecular formula is C12H18N2O. The third kappa shape index (κ3) is 4.13. The lowest BCUT2D eigenvalue weighted by atomic mass is 10.1. The minimum atomic E-state index is 0.0251. The van der Waals surface area contributed by atoms with Crippen molar-refractivity contribution >= 4 is 5.91 Å². The third-order valence-electron chi connectivity index (χ3n) is 2.34. The van der Waals surface area contributed by atoms with Crippen LogP contribution in [0.3, 0.4) is 0 Å². The number of hydrogen-bond donors (Lipinski definition) is 2. The number of carbonyl (C=O) groups excluding carboxylic acids is 1. The Morgan fingerprint density at radius 1 is 1.20 bits per heavy atom. The van der Waals surface area contributed by atoms with Gasteiger partial charge >= 0.3 is 0 Å². The molecule has 0 atom stereocenters. The maximum Gasteiger partial charge on any atom is 0.234 e. The molecule has 82 valence electrons. The standard InChI is InChI=1S/C12H18N2O/c1-3-10-4-6-11(7-5-10)8-9-12(15)14-13-2/h4-7,13H,3,8-9H2,1-2H3,(H,14,15). The molecule has 0 unspecified atom stereocenters. The van der Waals surface area contributed by atoms with E-state index in [1.807, 2.05) is 0 Å². The maximum absolute atomic E-state index is 11.2. The van der Waals surface area contributed by atoms with Gasteiger partial charge in [-0.3, -0.25) is 10.2 Å². The highest BCUT2D eigenvalue weighted by molar-refractivity contribution is 5.75. The lowest BCUT2D eigenvalue weighted by molar-refractivity contribution is -0.121. The highest BCUT2D eigenvalue weighted by Gasteiger charge is 2.00.